The molecule has 130 valence electrons. The van der Waals surface area contributed by atoms with Gasteiger partial charge in [-0.1, -0.05) is 23.9 Å². The highest BCUT2D eigenvalue weighted by Gasteiger charge is 2.21. The first-order valence-electron chi connectivity index (χ1n) is 7.63. The van der Waals surface area contributed by atoms with E-state index in [4.69, 9.17) is 8.83 Å². The van der Waals surface area contributed by atoms with Crippen molar-refractivity contribution in [2.75, 3.05) is 0 Å². The smallest absolute Gasteiger partial charge is 0.284 e. The third-order valence-corrected chi connectivity index (χ3v) is 4.45. The molecule has 0 spiro atoms. The van der Waals surface area contributed by atoms with Crippen molar-refractivity contribution in [3.8, 4) is 11.7 Å². The molecule has 1 amide bonds. The van der Waals surface area contributed by atoms with Gasteiger partial charge in [0, 0.05) is 0 Å². The maximum Gasteiger partial charge on any atom is 0.284 e. The van der Waals surface area contributed by atoms with Crippen LogP contribution in [0.3, 0.4) is 0 Å². The number of nitrogens with one attached hydrogen (secondary N) is 1. The first kappa shape index (κ1) is 17.2. The van der Waals surface area contributed by atoms with Crippen LogP contribution in [0.5, 0.6) is 0 Å². The van der Waals surface area contributed by atoms with Crippen LogP contribution >= 0.6 is 11.8 Å². The Bertz CT molecular complexity index is 833. The van der Waals surface area contributed by atoms with Gasteiger partial charge in [0.15, 0.2) is 5.76 Å². The minimum Gasteiger partial charge on any atom is -0.459 e. The van der Waals surface area contributed by atoms with Gasteiger partial charge in [-0.15, -0.1) is 10.2 Å². The van der Waals surface area contributed by atoms with Crippen LogP contribution in [0.4, 0.5) is 4.39 Å². The molecule has 0 aliphatic rings. The van der Waals surface area contributed by atoms with Crippen LogP contribution in [-0.2, 0) is 4.79 Å². The molecule has 0 aliphatic carbocycles. The van der Waals surface area contributed by atoms with Gasteiger partial charge in [0.05, 0.1) is 17.6 Å². The molecule has 3 rings (SSSR count). The molecule has 1 aromatic carbocycles. The van der Waals surface area contributed by atoms with Gasteiger partial charge < -0.3 is 14.2 Å². The largest absolute Gasteiger partial charge is 0.459 e. The summed E-state index contributed by atoms with van der Waals surface area (Å²) in [5.74, 6) is 0.246. The Labute approximate surface area is 147 Å². The normalized spacial score (nSPS) is 13.4. The number of benzene rings is 1. The molecule has 3 aromatic rings. The lowest BCUT2D eigenvalue weighted by molar-refractivity contribution is -0.120. The van der Waals surface area contributed by atoms with Crippen LogP contribution in [0.25, 0.3) is 11.7 Å². The second-order valence-corrected chi connectivity index (χ2v) is 6.68. The second-order valence-electron chi connectivity index (χ2n) is 5.39. The van der Waals surface area contributed by atoms with E-state index in [1.165, 1.54) is 18.4 Å². The van der Waals surface area contributed by atoms with Crippen molar-refractivity contribution >= 4 is 17.7 Å². The number of hydrogen-bond donors (Lipinski definition) is 1. The zero-order valence-electron chi connectivity index (χ0n) is 13.6. The number of nitrogens with zero attached hydrogens (tertiary/aromatic N) is 2. The predicted octanol–water partition coefficient (Wildman–Crippen LogP) is 3.83. The van der Waals surface area contributed by atoms with Crippen molar-refractivity contribution in [1.29, 1.82) is 0 Å². The van der Waals surface area contributed by atoms with Crippen LogP contribution in [-0.4, -0.2) is 21.4 Å². The number of carbonyl (C=O) groups is 1. The Morgan fingerprint density at radius 2 is 1.96 bits per heavy atom. The Morgan fingerprint density at radius 3 is 2.64 bits per heavy atom. The van der Waals surface area contributed by atoms with E-state index in [2.05, 4.69) is 15.5 Å². The maximum absolute atomic E-state index is 13.0. The van der Waals surface area contributed by atoms with Crippen molar-refractivity contribution in [2.24, 2.45) is 0 Å². The molecular weight excluding hydrogens is 345 g/mol. The Kier molecular flexibility index (Phi) is 5.18. The van der Waals surface area contributed by atoms with Crippen molar-refractivity contribution in [3.05, 3.63) is 54.0 Å². The number of aromatic nitrogens is 2. The number of hydrogen-bond acceptors (Lipinski definition) is 6. The molecule has 0 bridgehead atoms. The summed E-state index contributed by atoms with van der Waals surface area (Å²) in [4.78, 5) is 12.3. The molecule has 2 aromatic heterocycles. The molecular formula is C17H16FN3O3S. The SMILES string of the molecule is C[C@H](Sc1nnc(-c2ccco2)o1)C(=O)N[C@H](C)c1ccc(F)cc1. The molecule has 25 heavy (non-hydrogen) atoms. The predicted molar refractivity (Wildman–Crippen MR) is 90.3 cm³/mol. The molecule has 0 unspecified atom stereocenters. The Morgan fingerprint density at radius 1 is 1.20 bits per heavy atom. The summed E-state index contributed by atoms with van der Waals surface area (Å²) < 4.78 is 23.6. The lowest BCUT2D eigenvalue weighted by atomic mass is 10.1. The fraction of sp³-hybridized carbons (Fsp3) is 0.235. The first-order chi connectivity index (χ1) is 12.0. The van der Waals surface area contributed by atoms with Crippen LogP contribution in [0, 0.1) is 5.82 Å². The molecule has 0 aliphatic heterocycles. The zero-order chi connectivity index (χ0) is 17.8. The van der Waals surface area contributed by atoms with E-state index in [-0.39, 0.29) is 28.9 Å². The summed E-state index contributed by atoms with van der Waals surface area (Å²) in [7, 11) is 0. The van der Waals surface area contributed by atoms with Crippen molar-refractivity contribution < 1.29 is 18.0 Å². The van der Waals surface area contributed by atoms with Crippen LogP contribution < -0.4 is 5.32 Å². The fourth-order valence-electron chi connectivity index (χ4n) is 2.13. The lowest BCUT2D eigenvalue weighted by Crippen LogP contribution is -2.33. The van der Waals surface area contributed by atoms with E-state index in [0.29, 0.717) is 5.76 Å². The summed E-state index contributed by atoms with van der Waals surface area (Å²) in [6.07, 6.45) is 1.51. The summed E-state index contributed by atoms with van der Waals surface area (Å²) >= 11 is 1.16. The van der Waals surface area contributed by atoms with Gasteiger partial charge in [-0.05, 0) is 43.7 Å². The second kappa shape index (κ2) is 7.52. The van der Waals surface area contributed by atoms with Gasteiger partial charge in [0.2, 0.25) is 5.91 Å². The third-order valence-electron chi connectivity index (χ3n) is 3.51. The monoisotopic (exact) mass is 361 g/mol. The number of halogens is 1. The standard InChI is InChI=1S/C17H16FN3O3S/c1-10(12-5-7-13(18)8-6-12)19-15(22)11(2)25-17-21-20-16(24-17)14-4-3-9-23-14/h3-11H,1-2H3,(H,19,22)/t10-,11+/m1/s1. The number of rotatable bonds is 6. The maximum atomic E-state index is 13.0. The summed E-state index contributed by atoms with van der Waals surface area (Å²) in [6, 6.07) is 9.21. The number of carbonyl (C=O) groups excluding carboxylic acids is 1. The van der Waals surface area contributed by atoms with Gasteiger partial charge in [-0.3, -0.25) is 4.79 Å². The fourth-order valence-corrected chi connectivity index (χ4v) is 2.82. The Balaban J connectivity index is 1.58. The topological polar surface area (TPSA) is 81.2 Å². The van der Waals surface area contributed by atoms with E-state index in [1.54, 1.807) is 31.2 Å². The highest BCUT2D eigenvalue weighted by molar-refractivity contribution is 8.00. The molecule has 2 heterocycles. The minimum absolute atomic E-state index is 0.181. The van der Waals surface area contributed by atoms with Gasteiger partial charge in [0.25, 0.3) is 11.1 Å². The van der Waals surface area contributed by atoms with E-state index in [1.807, 2.05) is 6.92 Å². The highest BCUT2D eigenvalue weighted by atomic mass is 32.2. The van der Waals surface area contributed by atoms with Crippen molar-refractivity contribution in [1.82, 2.24) is 15.5 Å². The van der Waals surface area contributed by atoms with Crippen molar-refractivity contribution in [2.45, 2.75) is 30.4 Å². The van der Waals surface area contributed by atoms with E-state index in [0.717, 1.165) is 17.3 Å². The summed E-state index contributed by atoms with van der Waals surface area (Å²) in [6.45, 7) is 3.58. The number of furan rings is 1. The third kappa shape index (κ3) is 4.27. The quantitative estimate of drug-likeness (QED) is 0.672. The van der Waals surface area contributed by atoms with Crippen LogP contribution in [0.15, 0.2) is 56.7 Å². The van der Waals surface area contributed by atoms with E-state index >= 15 is 0 Å². The molecule has 8 heteroatoms. The first-order valence-corrected chi connectivity index (χ1v) is 8.51. The number of thioether (sulfide) groups is 1. The average molecular weight is 361 g/mol. The molecule has 0 radical (unpaired) electrons. The Hall–Kier alpha value is -2.61. The van der Waals surface area contributed by atoms with E-state index in [9.17, 15) is 9.18 Å². The minimum atomic E-state index is -0.437. The summed E-state index contributed by atoms with van der Waals surface area (Å²) in [5, 5.41) is 10.5. The van der Waals surface area contributed by atoms with Gasteiger partial charge in [-0.25, -0.2) is 4.39 Å². The molecule has 0 saturated carbocycles. The van der Waals surface area contributed by atoms with Crippen LogP contribution in [0.1, 0.15) is 25.5 Å². The molecule has 1 N–H and O–H groups in total. The van der Waals surface area contributed by atoms with Gasteiger partial charge in [-0.2, -0.15) is 0 Å². The van der Waals surface area contributed by atoms with E-state index < -0.39 is 5.25 Å². The van der Waals surface area contributed by atoms with Gasteiger partial charge >= 0.3 is 0 Å². The molecule has 0 fully saturated rings. The molecule has 2 atom stereocenters. The summed E-state index contributed by atoms with van der Waals surface area (Å²) in [5.41, 5.74) is 0.824. The lowest BCUT2D eigenvalue weighted by Gasteiger charge is -2.16. The number of amides is 1. The molecule has 0 saturated heterocycles. The van der Waals surface area contributed by atoms with Crippen molar-refractivity contribution in [3.63, 3.8) is 0 Å². The van der Waals surface area contributed by atoms with Crippen LogP contribution in [0.2, 0.25) is 0 Å². The molecule has 6 nitrogen and oxygen atoms in total. The van der Waals surface area contributed by atoms with Gasteiger partial charge in [0.1, 0.15) is 5.82 Å². The zero-order valence-corrected chi connectivity index (χ0v) is 14.4. The highest BCUT2D eigenvalue weighted by Crippen LogP contribution is 2.26. The average Bonchev–Trinajstić information content (AvgIpc) is 3.26.